The largest absolute Gasteiger partial charge is 0.506 e. The molecule has 1 aromatic carbocycles. The van der Waals surface area contributed by atoms with Gasteiger partial charge < -0.3 is 21.1 Å². The second kappa shape index (κ2) is 8.32. The summed E-state index contributed by atoms with van der Waals surface area (Å²) in [6.45, 7) is 0.0604. The molecule has 170 valence electrons. The molecule has 3 aromatic rings. The Morgan fingerprint density at radius 1 is 1.28 bits per heavy atom. The SMILES string of the molecule is CN(C)C(=O)CCNc1nc(N)c2cc(C(F)(F)F)n(-c3c(O)cccc3F)c(=O)c2n1. The lowest BCUT2D eigenvalue weighted by Crippen LogP contribution is -2.29. The maximum atomic E-state index is 14.4. The number of phenolic OH excluding ortho intramolecular Hbond substituents is 1. The molecule has 32 heavy (non-hydrogen) atoms. The average molecular weight is 454 g/mol. The molecule has 0 aliphatic rings. The third-order valence-corrected chi connectivity index (χ3v) is 4.50. The van der Waals surface area contributed by atoms with Crippen molar-refractivity contribution in [2.75, 3.05) is 31.7 Å². The molecule has 13 heteroatoms. The number of nitrogens with one attached hydrogen (secondary N) is 1. The van der Waals surface area contributed by atoms with Crippen molar-refractivity contribution in [3.05, 3.63) is 46.1 Å². The van der Waals surface area contributed by atoms with Crippen LogP contribution in [0.25, 0.3) is 16.6 Å². The van der Waals surface area contributed by atoms with Crippen LogP contribution >= 0.6 is 0 Å². The Morgan fingerprint density at radius 3 is 2.56 bits per heavy atom. The topological polar surface area (TPSA) is 126 Å². The number of anilines is 2. The molecule has 0 unspecified atom stereocenters. The Hall–Kier alpha value is -3.90. The molecule has 0 spiro atoms. The van der Waals surface area contributed by atoms with Crippen molar-refractivity contribution in [3.63, 3.8) is 0 Å². The third-order valence-electron chi connectivity index (χ3n) is 4.50. The number of hydrogen-bond acceptors (Lipinski definition) is 7. The van der Waals surface area contributed by atoms with E-state index in [4.69, 9.17) is 5.73 Å². The van der Waals surface area contributed by atoms with Crippen LogP contribution < -0.4 is 16.6 Å². The number of benzene rings is 1. The molecular weight excluding hydrogens is 436 g/mol. The molecule has 0 radical (unpaired) electrons. The van der Waals surface area contributed by atoms with Crippen LogP contribution in [0.1, 0.15) is 12.1 Å². The van der Waals surface area contributed by atoms with Gasteiger partial charge in [-0.25, -0.2) is 9.37 Å². The minimum absolute atomic E-state index is 0.00120. The number of nitrogens with two attached hydrogens (primary N) is 1. The lowest BCUT2D eigenvalue weighted by atomic mass is 10.2. The molecule has 0 fully saturated rings. The van der Waals surface area contributed by atoms with Crippen molar-refractivity contribution in [1.29, 1.82) is 0 Å². The van der Waals surface area contributed by atoms with E-state index in [1.54, 1.807) is 14.1 Å². The molecule has 1 amide bonds. The fraction of sp³-hybridized carbons (Fsp3) is 0.263. The van der Waals surface area contributed by atoms with E-state index in [0.29, 0.717) is 6.07 Å². The summed E-state index contributed by atoms with van der Waals surface area (Å²) >= 11 is 0. The van der Waals surface area contributed by atoms with Gasteiger partial charge >= 0.3 is 6.18 Å². The van der Waals surface area contributed by atoms with Crippen LogP contribution in [0.15, 0.2) is 29.1 Å². The van der Waals surface area contributed by atoms with Crippen LogP contribution in [0.5, 0.6) is 5.75 Å². The Morgan fingerprint density at radius 2 is 1.97 bits per heavy atom. The van der Waals surface area contributed by atoms with Crippen molar-refractivity contribution >= 4 is 28.6 Å². The van der Waals surface area contributed by atoms with E-state index in [2.05, 4.69) is 15.3 Å². The fourth-order valence-corrected chi connectivity index (χ4v) is 2.95. The van der Waals surface area contributed by atoms with E-state index in [-0.39, 0.29) is 29.4 Å². The zero-order valence-corrected chi connectivity index (χ0v) is 16.9. The summed E-state index contributed by atoms with van der Waals surface area (Å²) in [6, 6.07) is 3.33. The minimum atomic E-state index is -5.10. The molecule has 4 N–H and O–H groups in total. The molecule has 9 nitrogen and oxygen atoms in total. The second-order valence-electron chi connectivity index (χ2n) is 6.94. The lowest BCUT2D eigenvalue weighted by Gasteiger charge is -2.18. The molecule has 0 saturated carbocycles. The number of nitrogen functional groups attached to an aromatic ring is 1. The standard InChI is InChI=1S/C19H18F4N6O3/c1-28(2)13(31)6-7-25-18-26-14-9(16(24)27-18)8-12(19(21,22)23)29(17(14)32)15-10(20)4-3-5-11(15)30/h3-5,8,30H,6-7H2,1-2H3,(H3,24,25,26,27). The first-order chi connectivity index (χ1) is 14.9. The molecule has 2 aromatic heterocycles. The Kier molecular flexibility index (Phi) is 5.92. The summed E-state index contributed by atoms with van der Waals surface area (Å²) in [5, 5.41) is 12.3. The highest BCUT2D eigenvalue weighted by atomic mass is 19.4. The van der Waals surface area contributed by atoms with Crippen molar-refractivity contribution in [1.82, 2.24) is 19.4 Å². The van der Waals surface area contributed by atoms with Gasteiger partial charge in [-0.1, -0.05) is 6.07 Å². The zero-order chi connectivity index (χ0) is 23.8. The van der Waals surface area contributed by atoms with Crippen molar-refractivity contribution in [3.8, 4) is 11.4 Å². The first-order valence-corrected chi connectivity index (χ1v) is 9.14. The summed E-state index contributed by atoms with van der Waals surface area (Å²) in [4.78, 5) is 33.8. The molecular formula is C19H18F4N6O3. The summed E-state index contributed by atoms with van der Waals surface area (Å²) in [7, 11) is 3.12. The number of para-hydroxylation sites is 1. The van der Waals surface area contributed by atoms with E-state index in [0.717, 1.165) is 18.2 Å². The predicted molar refractivity (Wildman–Crippen MR) is 108 cm³/mol. The van der Waals surface area contributed by atoms with Gasteiger partial charge in [-0.3, -0.25) is 14.2 Å². The van der Waals surface area contributed by atoms with Gasteiger partial charge in [0.15, 0.2) is 5.82 Å². The number of pyridine rings is 1. The number of fused-ring (bicyclic) bond motifs is 1. The van der Waals surface area contributed by atoms with Crippen LogP contribution in [-0.2, 0) is 11.0 Å². The van der Waals surface area contributed by atoms with Crippen molar-refractivity contribution in [2.45, 2.75) is 12.6 Å². The molecule has 0 atom stereocenters. The smallest absolute Gasteiger partial charge is 0.431 e. The van der Waals surface area contributed by atoms with Crippen molar-refractivity contribution in [2.24, 2.45) is 0 Å². The number of carbonyl (C=O) groups is 1. The fourth-order valence-electron chi connectivity index (χ4n) is 2.95. The van der Waals surface area contributed by atoms with Crippen LogP contribution in [-0.4, -0.2) is 51.1 Å². The van der Waals surface area contributed by atoms with Crippen molar-refractivity contribution < 1.29 is 27.5 Å². The Bertz CT molecular complexity index is 1240. The van der Waals surface area contributed by atoms with Crippen LogP contribution in [0, 0.1) is 5.82 Å². The summed E-state index contributed by atoms with van der Waals surface area (Å²) in [5.74, 6) is -2.97. The van der Waals surface area contributed by atoms with Gasteiger partial charge in [0.2, 0.25) is 11.9 Å². The molecule has 0 bridgehead atoms. The van der Waals surface area contributed by atoms with Crippen LogP contribution in [0.4, 0.5) is 29.3 Å². The van der Waals surface area contributed by atoms with E-state index in [9.17, 15) is 32.3 Å². The second-order valence-corrected chi connectivity index (χ2v) is 6.94. The van der Waals surface area contributed by atoms with Crippen LogP contribution in [0.2, 0.25) is 0 Å². The number of halogens is 4. The van der Waals surface area contributed by atoms with E-state index >= 15 is 0 Å². The first kappa shape index (κ1) is 22.8. The number of aromatic nitrogens is 3. The normalized spacial score (nSPS) is 11.6. The number of hydrogen-bond donors (Lipinski definition) is 3. The zero-order valence-electron chi connectivity index (χ0n) is 16.9. The minimum Gasteiger partial charge on any atom is -0.506 e. The molecule has 0 aliphatic carbocycles. The highest BCUT2D eigenvalue weighted by Crippen LogP contribution is 2.35. The first-order valence-electron chi connectivity index (χ1n) is 9.14. The van der Waals surface area contributed by atoms with Crippen LogP contribution in [0.3, 0.4) is 0 Å². The Labute approximate surface area is 178 Å². The monoisotopic (exact) mass is 454 g/mol. The predicted octanol–water partition coefficient (Wildman–Crippen LogP) is 2.12. The van der Waals surface area contributed by atoms with Gasteiger partial charge in [-0.05, 0) is 18.2 Å². The third kappa shape index (κ3) is 4.26. The van der Waals surface area contributed by atoms with E-state index < -0.39 is 51.4 Å². The molecule has 0 aliphatic heterocycles. The number of alkyl halides is 3. The number of carbonyl (C=O) groups excluding carboxylic acids is 1. The highest BCUT2D eigenvalue weighted by molar-refractivity contribution is 5.89. The van der Waals surface area contributed by atoms with Gasteiger partial charge in [0.25, 0.3) is 5.56 Å². The molecule has 3 rings (SSSR count). The quantitative estimate of drug-likeness (QED) is 0.504. The average Bonchev–Trinajstić information content (AvgIpc) is 2.68. The number of nitrogens with zero attached hydrogens (tertiary/aromatic N) is 4. The van der Waals surface area contributed by atoms with Gasteiger partial charge in [0, 0.05) is 27.1 Å². The van der Waals surface area contributed by atoms with E-state index in [1.807, 2.05) is 0 Å². The maximum absolute atomic E-state index is 14.4. The van der Waals surface area contributed by atoms with E-state index in [1.165, 1.54) is 4.90 Å². The van der Waals surface area contributed by atoms with Gasteiger partial charge in [0.1, 0.15) is 28.5 Å². The molecule has 2 heterocycles. The van der Waals surface area contributed by atoms with Gasteiger partial charge in [0.05, 0.1) is 5.39 Å². The number of phenols is 1. The van der Waals surface area contributed by atoms with Gasteiger partial charge in [-0.2, -0.15) is 18.2 Å². The summed E-state index contributed by atoms with van der Waals surface area (Å²) in [6.07, 6.45) is -5.05. The number of rotatable bonds is 5. The number of aromatic hydroxyl groups is 1. The summed E-state index contributed by atoms with van der Waals surface area (Å²) in [5.41, 5.74) is 1.32. The Balaban J connectivity index is 2.21. The maximum Gasteiger partial charge on any atom is 0.431 e. The number of amides is 1. The lowest BCUT2D eigenvalue weighted by molar-refractivity contribution is -0.142. The molecule has 0 saturated heterocycles. The highest BCUT2D eigenvalue weighted by Gasteiger charge is 2.37. The summed E-state index contributed by atoms with van der Waals surface area (Å²) < 4.78 is 55.5. The van der Waals surface area contributed by atoms with Gasteiger partial charge in [-0.15, -0.1) is 0 Å².